The second kappa shape index (κ2) is 5.91. The van der Waals surface area contributed by atoms with E-state index in [9.17, 15) is 14.9 Å². The van der Waals surface area contributed by atoms with Gasteiger partial charge >= 0.3 is 11.3 Å². The fourth-order valence-corrected chi connectivity index (χ4v) is 2.22. The molecular formula is C15H13N3O5. The number of aromatic nitrogens is 2. The van der Waals surface area contributed by atoms with Gasteiger partial charge in [-0.1, -0.05) is 0 Å². The summed E-state index contributed by atoms with van der Waals surface area (Å²) < 4.78 is 12.2. The van der Waals surface area contributed by atoms with Crippen LogP contribution in [0.25, 0.3) is 11.0 Å². The van der Waals surface area contributed by atoms with Gasteiger partial charge in [-0.05, 0) is 24.6 Å². The van der Waals surface area contributed by atoms with E-state index in [1.165, 1.54) is 23.1 Å². The predicted molar refractivity (Wildman–Crippen MR) is 81.6 cm³/mol. The Morgan fingerprint density at radius 2 is 2.22 bits per heavy atom. The van der Waals surface area contributed by atoms with Gasteiger partial charge in [-0.25, -0.2) is 4.79 Å². The maximum absolute atomic E-state index is 11.4. The third-order valence-electron chi connectivity index (χ3n) is 3.34. The molecule has 0 spiro atoms. The maximum Gasteiger partial charge on any atom is 0.336 e. The van der Waals surface area contributed by atoms with E-state index in [4.69, 9.17) is 9.15 Å². The average molecular weight is 315 g/mol. The summed E-state index contributed by atoms with van der Waals surface area (Å²) in [7, 11) is 0. The highest BCUT2D eigenvalue weighted by atomic mass is 16.6. The van der Waals surface area contributed by atoms with Gasteiger partial charge in [-0.2, -0.15) is 5.10 Å². The lowest BCUT2D eigenvalue weighted by molar-refractivity contribution is -0.385. The van der Waals surface area contributed by atoms with Crippen molar-refractivity contribution in [3.05, 3.63) is 62.8 Å². The summed E-state index contributed by atoms with van der Waals surface area (Å²) in [6.07, 6.45) is 2.53. The second-order valence-corrected chi connectivity index (χ2v) is 4.97. The molecule has 3 rings (SSSR count). The Balaban J connectivity index is 1.69. The van der Waals surface area contributed by atoms with Crippen molar-refractivity contribution in [3.8, 4) is 5.75 Å². The van der Waals surface area contributed by atoms with Gasteiger partial charge in [0, 0.05) is 17.5 Å². The molecule has 0 N–H and O–H groups in total. The van der Waals surface area contributed by atoms with Crippen LogP contribution in [0.2, 0.25) is 0 Å². The lowest BCUT2D eigenvalue weighted by atomic mass is 10.1. The van der Waals surface area contributed by atoms with E-state index in [0.29, 0.717) is 17.9 Å². The highest BCUT2D eigenvalue weighted by Gasteiger charge is 2.09. The molecule has 0 aliphatic carbocycles. The molecule has 118 valence electrons. The number of hydrogen-bond acceptors (Lipinski definition) is 6. The van der Waals surface area contributed by atoms with E-state index in [-0.39, 0.29) is 12.3 Å². The summed E-state index contributed by atoms with van der Waals surface area (Å²) in [6, 6.07) is 6.69. The van der Waals surface area contributed by atoms with E-state index < -0.39 is 10.5 Å². The van der Waals surface area contributed by atoms with Crippen LogP contribution in [0.1, 0.15) is 5.56 Å². The van der Waals surface area contributed by atoms with Crippen LogP contribution in [0.5, 0.6) is 5.75 Å². The zero-order valence-electron chi connectivity index (χ0n) is 12.3. The zero-order chi connectivity index (χ0) is 16.4. The minimum absolute atomic E-state index is 0.0621. The number of hydrogen-bond donors (Lipinski definition) is 0. The first kappa shape index (κ1) is 14.8. The van der Waals surface area contributed by atoms with Crippen LogP contribution >= 0.6 is 0 Å². The molecule has 0 aliphatic rings. The fraction of sp³-hybridized carbons (Fsp3) is 0.200. The molecule has 23 heavy (non-hydrogen) atoms. The summed E-state index contributed by atoms with van der Waals surface area (Å²) in [6.45, 7) is 2.48. The van der Waals surface area contributed by atoms with Crippen molar-refractivity contribution in [1.29, 1.82) is 0 Å². The number of nitro groups is 1. The third kappa shape index (κ3) is 3.20. The minimum atomic E-state index is -0.502. The Hall–Kier alpha value is -3.16. The van der Waals surface area contributed by atoms with Crippen LogP contribution in [0.15, 0.2) is 45.9 Å². The van der Waals surface area contributed by atoms with Crippen molar-refractivity contribution in [2.45, 2.75) is 13.5 Å². The van der Waals surface area contributed by atoms with Gasteiger partial charge in [-0.15, -0.1) is 0 Å². The number of aryl methyl sites for hydroxylation is 1. The highest BCUT2D eigenvalue weighted by molar-refractivity contribution is 5.81. The Labute approximate surface area is 130 Å². The first-order valence-corrected chi connectivity index (χ1v) is 6.87. The van der Waals surface area contributed by atoms with E-state index in [0.717, 1.165) is 10.9 Å². The van der Waals surface area contributed by atoms with Crippen LogP contribution in [0, 0.1) is 17.0 Å². The van der Waals surface area contributed by atoms with Crippen LogP contribution in [-0.4, -0.2) is 21.3 Å². The number of ether oxygens (including phenoxy) is 1. The Bertz CT molecular complexity index is 928. The largest absolute Gasteiger partial charge is 0.492 e. The molecule has 0 saturated heterocycles. The van der Waals surface area contributed by atoms with Gasteiger partial charge < -0.3 is 9.15 Å². The summed E-state index contributed by atoms with van der Waals surface area (Å²) in [5.41, 5.74) is 0.831. The van der Waals surface area contributed by atoms with Crippen molar-refractivity contribution >= 4 is 16.7 Å². The Morgan fingerprint density at radius 1 is 1.39 bits per heavy atom. The Kier molecular flexibility index (Phi) is 3.80. The third-order valence-corrected chi connectivity index (χ3v) is 3.34. The topological polar surface area (TPSA) is 100 Å². The standard InChI is InChI=1S/C15H13N3O5/c1-10-6-15(19)23-14-7-12(2-3-13(10)14)22-5-4-17-9-11(8-16-17)18(20)21/h2-3,6-9H,4-5H2,1H3. The monoisotopic (exact) mass is 315 g/mol. The zero-order valence-corrected chi connectivity index (χ0v) is 12.3. The van der Waals surface area contributed by atoms with E-state index in [1.54, 1.807) is 12.1 Å². The maximum atomic E-state index is 11.4. The van der Waals surface area contributed by atoms with Crippen LogP contribution in [0.3, 0.4) is 0 Å². The summed E-state index contributed by atoms with van der Waals surface area (Å²) in [5.74, 6) is 0.549. The van der Waals surface area contributed by atoms with Crippen molar-refractivity contribution in [3.63, 3.8) is 0 Å². The molecule has 0 bridgehead atoms. The van der Waals surface area contributed by atoms with Crippen molar-refractivity contribution in [1.82, 2.24) is 9.78 Å². The van der Waals surface area contributed by atoms with Crippen molar-refractivity contribution in [2.24, 2.45) is 0 Å². The molecular weight excluding hydrogens is 302 g/mol. The van der Waals surface area contributed by atoms with Crippen LogP contribution in [0.4, 0.5) is 5.69 Å². The average Bonchev–Trinajstić information content (AvgIpc) is 2.96. The van der Waals surface area contributed by atoms with Gasteiger partial charge in [0.05, 0.1) is 11.5 Å². The lowest BCUT2D eigenvalue weighted by Crippen LogP contribution is -2.08. The first-order valence-electron chi connectivity index (χ1n) is 6.87. The molecule has 2 heterocycles. The van der Waals surface area contributed by atoms with Crippen LogP contribution in [-0.2, 0) is 6.54 Å². The molecule has 8 heteroatoms. The van der Waals surface area contributed by atoms with Gasteiger partial charge in [0.1, 0.15) is 30.3 Å². The molecule has 8 nitrogen and oxygen atoms in total. The normalized spacial score (nSPS) is 10.8. The quantitative estimate of drug-likeness (QED) is 0.407. The van der Waals surface area contributed by atoms with Gasteiger partial charge in [0.2, 0.25) is 0 Å². The lowest BCUT2D eigenvalue weighted by Gasteiger charge is -2.07. The molecule has 0 radical (unpaired) electrons. The smallest absolute Gasteiger partial charge is 0.336 e. The van der Waals surface area contributed by atoms with E-state index in [1.807, 2.05) is 13.0 Å². The van der Waals surface area contributed by atoms with E-state index in [2.05, 4.69) is 5.10 Å². The highest BCUT2D eigenvalue weighted by Crippen LogP contribution is 2.22. The molecule has 0 amide bonds. The Morgan fingerprint density at radius 3 is 2.96 bits per heavy atom. The minimum Gasteiger partial charge on any atom is -0.492 e. The van der Waals surface area contributed by atoms with Gasteiger partial charge in [0.15, 0.2) is 0 Å². The predicted octanol–water partition coefficient (Wildman–Crippen LogP) is 2.29. The van der Waals surface area contributed by atoms with Gasteiger partial charge in [-0.3, -0.25) is 14.8 Å². The SMILES string of the molecule is Cc1cc(=O)oc2cc(OCCn3cc([N+](=O)[O-])cn3)ccc12. The first-order chi connectivity index (χ1) is 11.0. The van der Waals surface area contributed by atoms with Crippen LogP contribution < -0.4 is 10.4 Å². The fourth-order valence-electron chi connectivity index (χ4n) is 2.22. The summed E-state index contributed by atoms with van der Waals surface area (Å²) in [5, 5.41) is 15.3. The number of nitrogens with zero attached hydrogens (tertiary/aromatic N) is 3. The summed E-state index contributed by atoms with van der Waals surface area (Å²) in [4.78, 5) is 21.5. The molecule has 0 saturated carbocycles. The number of rotatable bonds is 5. The molecule has 0 fully saturated rings. The molecule has 1 aromatic carbocycles. The van der Waals surface area contributed by atoms with E-state index >= 15 is 0 Å². The molecule has 0 atom stereocenters. The molecule has 3 aromatic rings. The molecule has 0 unspecified atom stereocenters. The molecule has 2 aromatic heterocycles. The summed E-state index contributed by atoms with van der Waals surface area (Å²) >= 11 is 0. The van der Waals surface area contributed by atoms with Crippen molar-refractivity contribution in [2.75, 3.05) is 6.61 Å². The van der Waals surface area contributed by atoms with Gasteiger partial charge in [0.25, 0.3) is 0 Å². The number of benzene rings is 1. The van der Waals surface area contributed by atoms with Crippen molar-refractivity contribution < 1.29 is 14.1 Å². The number of fused-ring (bicyclic) bond motifs is 1. The second-order valence-electron chi connectivity index (χ2n) is 4.97. The molecule has 0 aliphatic heterocycles.